The SMILES string of the molecule is CCCn1ncc(OC)c1C(O)C(C)(CC)OC. The van der Waals surface area contributed by atoms with Gasteiger partial charge in [0.2, 0.25) is 0 Å². The molecule has 0 spiro atoms. The number of rotatable bonds is 7. The first-order valence-electron chi connectivity index (χ1n) is 6.36. The number of hydrogen-bond donors (Lipinski definition) is 1. The first-order valence-corrected chi connectivity index (χ1v) is 6.36. The number of aromatic nitrogens is 2. The van der Waals surface area contributed by atoms with Gasteiger partial charge in [-0.05, 0) is 19.8 Å². The quantitative estimate of drug-likeness (QED) is 0.812. The predicted molar refractivity (Wildman–Crippen MR) is 69.7 cm³/mol. The van der Waals surface area contributed by atoms with E-state index < -0.39 is 11.7 Å². The van der Waals surface area contributed by atoms with Gasteiger partial charge < -0.3 is 14.6 Å². The summed E-state index contributed by atoms with van der Waals surface area (Å²) < 4.78 is 12.5. The van der Waals surface area contributed by atoms with Crippen LogP contribution >= 0.6 is 0 Å². The minimum absolute atomic E-state index is 0.604. The molecule has 0 aromatic carbocycles. The summed E-state index contributed by atoms with van der Waals surface area (Å²) in [7, 11) is 3.19. The summed E-state index contributed by atoms with van der Waals surface area (Å²) in [5, 5.41) is 14.8. The lowest BCUT2D eigenvalue weighted by atomic mass is 9.93. The molecule has 18 heavy (non-hydrogen) atoms. The van der Waals surface area contributed by atoms with Crippen molar-refractivity contribution in [3.63, 3.8) is 0 Å². The smallest absolute Gasteiger partial charge is 0.162 e. The average molecular weight is 256 g/mol. The summed E-state index contributed by atoms with van der Waals surface area (Å²) in [6.07, 6.45) is 2.52. The third-order valence-electron chi connectivity index (χ3n) is 3.51. The van der Waals surface area contributed by atoms with E-state index in [2.05, 4.69) is 12.0 Å². The molecule has 1 N–H and O–H groups in total. The van der Waals surface area contributed by atoms with Crippen molar-refractivity contribution in [2.45, 2.75) is 51.9 Å². The number of methoxy groups -OCH3 is 2. The maximum Gasteiger partial charge on any atom is 0.162 e. The molecular formula is C13H24N2O3. The van der Waals surface area contributed by atoms with Crippen LogP contribution in [-0.2, 0) is 11.3 Å². The van der Waals surface area contributed by atoms with Crippen LogP contribution in [0.3, 0.4) is 0 Å². The summed E-state index contributed by atoms with van der Waals surface area (Å²) in [6, 6.07) is 0. The zero-order valence-electron chi connectivity index (χ0n) is 11.9. The van der Waals surface area contributed by atoms with Gasteiger partial charge in [-0.2, -0.15) is 5.10 Å². The molecule has 5 nitrogen and oxygen atoms in total. The number of aliphatic hydroxyl groups is 1. The highest BCUT2D eigenvalue weighted by molar-refractivity contribution is 5.29. The van der Waals surface area contributed by atoms with E-state index in [1.54, 1.807) is 25.1 Å². The standard InChI is InChI=1S/C13H24N2O3/c1-6-8-15-11(10(17-4)9-14-15)12(16)13(3,7-2)18-5/h9,12,16H,6-8H2,1-5H3. The van der Waals surface area contributed by atoms with Crippen LogP contribution in [-0.4, -0.2) is 34.7 Å². The van der Waals surface area contributed by atoms with Crippen LogP contribution in [0.4, 0.5) is 0 Å². The summed E-state index contributed by atoms with van der Waals surface area (Å²) in [5.41, 5.74) is 0.0456. The molecule has 0 radical (unpaired) electrons. The Hall–Kier alpha value is -1.07. The Labute approximate surface area is 109 Å². The normalized spacial score (nSPS) is 16.3. The van der Waals surface area contributed by atoms with Gasteiger partial charge in [-0.15, -0.1) is 0 Å². The lowest BCUT2D eigenvalue weighted by molar-refractivity contribution is -0.0981. The van der Waals surface area contributed by atoms with Gasteiger partial charge in [-0.1, -0.05) is 13.8 Å². The summed E-state index contributed by atoms with van der Waals surface area (Å²) in [5.74, 6) is 0.604. The number of nitrogens with zero attached hydrogens (tertiary/aromatic N) is 2. The Bertz CT molecular complexity index is 372. The highest BCUT2D eigenvalue weighted by Gasteiger charge is 2.36. The van der Waals surface area contributed by atoms with Crippen LogP contribution in [0, 0.1) is 0 Å². The van der Waals surface area contributed by atoms with E-state index in [0.717, 1.165) is 13.0 Å². The second kappa shape index (κ2) is 6.20. The summed E-state index contributed by atoms with van der Waals surface area (Å²) in [4.78, 5) is 0. The molecule has 0 aliphatic carbocycles. The Kier molecular flexibility index (Phi) is 5.16. The first-order chi connectivity index (χ1) is 8.53. The number of hydrogen-bond acceptors (Lipinski definition) is 4. The Morgan fingerprint density at radius 1 is 1.44 bits per heavy atom. The third-order valence-corrected chi connectivity index (χ3v) is 3.51. The Morgan fingerprint density at radius 2 is 2.11 bits per heavy atom. The molecule has 1 rings (SSSR count). The van der Waals surface area contributed by atoms with E-state index in [-0.39, 0.29) is 0 Å². The predicted octanol–water partition coefficient (Wildman–Crippen LogP) is 2.15. The molecule has 0 saturated heterocycles. The lowest BCUT2D eigenvalue weighted by Gasteiger charge is -2.32. The molecule has 1 aromatic heterocycles. The van der Waals surface area contributed by atoms with Crippen LogP contribution in [0.15, 0.2) is 6.20 Å². The van der Waals surface area contributed by atoms with E-state index in [0.29, 0.717) is 17.9 Å². The van der Waals surface area contributed by atoms with Crippen molar-refractivity contribution in [3.8, 4) is 5.75 Å². The minimum atomic E-state index is -0.767. The molecule has 2 unspecified atom stereocenters. The minimum Gasteiger partial charge on any atom is -0.493 e. The van der Waals surface area contributed by atoms with E-state index in [1.165, 1.54) is 0 Å². The number of aliphatic hydroxyl groups excluding tert-OH is 1. The zero-order chi connectivity index (χ0) is 13.8. The second-order valence-electron chi connectivity index (χ2n) is 4.59. The van der Waals surface area contributed by atoms with Gasteiger partial charge in [-0.3, -0.25) is 4.68 Å². The molecule has 1 heterocycles. The van der Waals surface area contributed by atoms with E-state index in [1.807, 2.05) is 13.8 Å². The highest BCUT2D eigenvalue weighted by atomic mass is 16.5. The fraction of sp³-hybridized carbons (Fsp3) is 0.769. The van der Waals surface area contributed by atoms with Crippen LogP contribution in [0.2, 0.25) is 0 Å². The molecule has 104 valence electrons. The summed E-state index contributed by atoms with van der Waals surface area (Å²) in [6.45, 7) is 6.69. The van der Waals surface area contributed by atoms with Gasteiger partial charge in [0, 0.05) is 13.7 Å². The topological polar surface area (TPSA) is 56.5 Å². The van der Waals surface area contributed by atoms with Crippen molar-refractivity contribution < 1.29 is 14.6 Å². The van der Waals surface area contributed by atoms with Crippen LogP contribution in [0.5, 0.6) is 5.75 Å². The van der Waals surface area contributed by atoms with Gasteiger partial charge in [0.1, 0.15) is 11.8 Å². The van der Waals surface area contributed by atoms with Gasteiger partial charge >= 0.3 is 0 Å². The highest BCUT2D eigenvalue weighted by Crippen LogP contribution is 2.36. The van der Waals surface area contributed by atoms with Crippen molar-refractivity contribution in [2.75, 3.05) is 14.2 Å². The van der Waals surface area contributed by atoms with Crippen molar-refractivity contribution in [3.05, 3.63) is 11.9 Å². The van der Waals surface area contributed by atoms with Crippen molar-refractivity contribution in [1.82, 2.24) is 9.78 Å². The van der Waals surface area contributed by atoms with Gasteiger partial charge in [-0.25, -0.2) is 0 Å². The van der Waals surface area contributed by atoms with Gasteiger partial charge in [0.15, 0.2) is 5.75 Å². The van der Waals surface area contributed by atoms with Crippen molar-refractivity contribution in [2.24, 2.45) is 0 Å². The maximum absolute atomic E-state index is 10.6. The Balaban J connectivity index is 3.16. The molecule has 0 saturated carbocycles. The average Bonchev–Trinajstić information content (AvgIpc) is 2.80. The molecule has 1 aromatic rings. The largest absolute Gasteiger partial charge is 0.493 e. The molecule has 0 bridgehead atoms. The van der Waals surface area contributed by atoms with Crippen LogP contribution in [0.1, 0.15) is 45.4 Å². The van der Waals surface area contributed by atoms with Crippen LogP contribution in [0.25, 0.3) is 0 Å². The van der Waals surface area contributed by atoms with E-state index in [9.17, 15) is 5.11 Å². The summed E-state index contributed by atoms with van der Waals surface area (Å²) >= 11 is 0. The molecule has 0 amide bonds. The maximum atomic E-state index is 10.6. The first kappa shape index (κ1) is 15.0. The zero-order valence-corrected chi connectivity index (χ0v) is 11.9. The fourth-order valence-electron chi connectivity index (χ4n) is 1.94. The van der Waals surface area contributed by atoms with Gasteiger partial charge in [0.05, 0.1) is 18.9 Å². The number of ether oxygens (including phenoxy) is 2. The van der Waals surface area contributed by atoms with Crippen molar-refractivity contribution in [1.29, 1.82) is 0 Å². The monoisotopic (exact) mass is 256 g/mol. The molecule has 0 aliphatic rings. The van der Waals surface area contributed by atoms with Crippen LogP contribution < -0.4 is 4.74 Å². The van der Waals surface area contributed by atoms with Gasteiger partial charge in [0.25, 0.3) is 0 Å². The molecular weight excluding hydrogens is 232 g/mol. The third kappa shape index (κ3) is 2.67. The van der Waals surface area contributed by atoms with Crippen molar-refractivity contribution >= 4 is 0 Å². The van der Waals surface area contributed by atoms with E-state index >= 15 is 0 Å². The van der Waals surface area contributed by atoms with E-state index in [4.69, 9.17) is 9.47 Å². The molecule has 0 fully saturated rings. The lowest BCUT2D eigenvalue weighted by Crippen LogP contribution is -2.36. The molecule has 2 atom stereocenters. The molecule has 5 heteroatoms. The Morgan fingerprint density at radius 3 is 2.56 bits per heavy atom. The number of aryl methyl sites for hydroxylation is 1. The fourth-order valence-corrected chi connectivity index (χ4v) is 1.94. The molecule has 0 aliphatic heterocycles. The second-order valence-corrected chi connectivity index (χ2v) is 4.59.